The van der Waals surface area contributed by atoms with Gasteiger partial charge in [-0.05, 0) is 30.4 Å². The lowest BCUT2D eigenvalue weighted by atomic mass is 10.1. The molecule has 1 aromatic carbocycles. The number of rotatable bonds is 7. The quantitative estimate of drug-likeness (QED) is 0.837. The molecule has 20 heavy (non-hydrogen) atoms. The van der Waals surface area contributed by atoms with Crippen LogP contribution >= 0.6 is 0 Å². The topological polar surface area (TPSA) is 29.9 Å². The fourth-order valence-corrected chi connectivity index (χ4v) is 2.46. The Morgan fingerprint density at radius 1 is 1.20 bits per heavy atom. The van der Waals surface area contributed by atoms with E-state index in [1.807, 2.05) is 6.20 Å². The maximum Gasteiger partial charge on any atom is 0.113 e. The predicted octanol–water partition coefficient (Wildman–Crippen LogP) is 3.14. The van der Waals surface area contributed by atoms with E-state index in [0.29, 0.717) is 0 Å². The molecular weight excluding hydrogens is 246 g/mol. The second-order valence-electron chi connectivity index (χ2n) is 5.69. The summed E-state index contributed by atoms with van der Waals surface area (Å²) in [6.45, 7) is 4.25. The molecule has 3 nitrogen and oxygen atoms in total. The fraction of sp³-hybridized carbons (Fsp3) is 0.471. The highest BCUT2D eigenvalue weighted by molar-refractivity contribution is 5.25. The van der Waals surface area contributed by atoms with Crippen molar-refractivity contribution in [2.45, 2.75) is 51.7 Å². The lowest BCUT2D eigenvalue weighted by Gasteiger charge is -2.07. The van der Waals surface area contributed by atoms with E-state index in [9.17, 15) is 0 Å². The Morgan fingerprint density at radius 3 is 2.65 bits per heavy atom. The summed E-state index contributed by atoms with van der Waals surface area (Å²) in [7, 11) is 0. The molecular formula is C17H23N3. The number of nitrogens with zero attached hydrogens (tertiary/aromatic N) is 2. The van der Waals surface area contributed by atoms with E-state index in [0.717, 1.165) is 37.8 Å². The molecule has 3 rings (SSSR count). The van der Waals surface area contributed by atoms with Crippen molar-refractivity contribution in [3.05, 3.63) is 53.6 Å². The second-order valence-corrected chi connectivity index (χ2v) is 5.69. The summed E-state index contributed by atoms with van der Waals surface area (Å²) in [6.07, 6.45) is 8.74. The number of aromatic nitrogens is 2. The van der Waals surface area contributed by atoms with Crippen LogP contribution in [-0.4, -0.2) is 15.6 Å². The van der Waals surface area contributed by atoms with E-state index < -0.39 is 0 Å². The molecule has 3 heteroatoms. The Balaban J connectivity index is 1.60. The Morgan fingerprint density at radius 2 is 1.95 bits per heavy atom. The van der Waals surface area contributed by atoms with Crippen molar-refractivity contribution in [1.82, 2.24) is 14.9 Å². The summed E-state index contributed by atoms with van der Waals surface area (Å²) >= 11 is 0. The Hall–Kier alpha value is -1.61. The lowest BCUT2D eigenvalue weighted by Crippen LogP contribution is -2.15. The Labute approximate surface area is 121 Å². The van der Waals surface area contributed by atoms with Crippen LogP contribution in [0.1, 0.15) is 43.1 Å². The van der Waals surface area contributed by atoms with Crippen LogP contribution in [0.3, 0.4) is 0 Å². The highest BCUT2D eigenvalue weighted by atomic mass is 15.1. The summed E-state index contributed by atoms with van der Waals surface area (Å²) in [4.78, 5) is 4.47. The first-order valence-corrected chi connectivity index (χ1v) is 7.66. The lowest BCUT2D eigenvalue weighted by molar-refractivity contribution is 0.646. The van der Waals surface area contributed by atoms with Crippen molar-refractivity contribution >= 4 is 0 Å². The van der Waals surface area contributed by atoms with Crippen molar-refractivity contribution in [3.63, 3.8) is 0 Å². The largest absolute Gasteiger partial charge is 0.335 e. The summed E-state index contributed by atoms with van der Waals surface area (Å²) in [5.41, 5.74) is 2.71. The normalized spacial score (nSPS) is 14.7. The van der Waals surface area contributed by atoms with E-state index >= 15 is 0 Å². The standard InChI is InChI=1S/C17H23N3/c1-2-10-20-11-9-18-17(20)12-14-3-5-15(6-4-14)13-19-16-7-8-16/h3-6,9,11,16,19H,2,7-8,10,12-13H2,1H3. The van der Waals surface area contributed by atoms with Crippen LogP contribution in [0.15, 0.2) is 36.7 Å². The molecule has 1 heterocycles. The van der Waals surface area contributed by atoms with Crippen LogP contribution in [0, 0.1) is 0 Å². The van der Waals surface area contributed by atoms with Gasteiger partial charge in [-0.25, -0.2) is 4.98 Å². The zero-order valence-corrected chi connectivity index (χ0v) is 12.2. The summed E-state index contributed by atoms with van der Waals surface area (Å²) in [5.74, 6) is 1.16. The second kappa shape index (κ2) is 6.23. The molecule has 1 saturated carbocycles. The molecule has 0 spiro atoms. The average molecular weight is 269 g/mol. The highest BCUT2D eigenvalue weighted by Crippen LogP contribution is 2.19. The van der Waals surface area contributed by atoms with Gasteiger partial charge in [0.1, 0.15) is 5.82 Å². The number of hydrogen-bond acceptors (Lipinski definition) is 2. The first-order valence-electron chi connectivity index (χ1n) is 7.66. The SMILES string of the molecule is CCCn1ccnc1Cc1ccc(CNC2CC2)cc1. The van der Waals surface area contributed by atoms with Gasteiger partial charge in [0.25, 0.3) is 0 Å². The van der Waals surface area contributed by atoms with Gasteiger partial charge in [0.05, 0.1) is 0 Å². The molecule has 1 aromatic heterocycles. The number of nitrogens with one attached hydrogen (secondary N) is 1. The third-order valence-electron chi connectivity index (χ3n) is 3.82. The molecule has 0 unspecified atom stereocenters. The van der Waals surface area contributed by atoms with Gasteiger partial charge in [0.15, 0.2) is 0 Å². The van der Waals surface area contributed by atoms with Gasteiger partial charge in [-0.3, -0.25) is 0 Å². The van der Waals surface area contributed by atoms with E-state index in [4.69, 9.17) is 0 Å². The average Bonchev–Trinajstić information content (AvgIpc) is 3.20. The minimum atomic E-state index is 0.774. The molecule has 1 fully saturated rings. The fourth-order valence-electron chi connectivity index (χ4n) is 2.46. The predicted molar refractivity (Wildman–Crippen MR) is 81.6 cm³/mol. The van der Waals surface area contributed by atoms with Crippen molar-refractivity contribution in [3.8, 4) is 0 Å². The van der Waals surface area contributed by atoms with Crippen molar-refractivity contribution in [2.24, 2.45) is 0 Å². The van der Waals surface area contributed by atoms with E-state index in [1.54, 1.807) is 0 Å². The van der Waals surface area contributed by atoms with Crippen LogP contribution in [0.5, 0.6) is 0 Å². The summed E-state index contributed by atoms with van der Waals surface area (Å²) in [5, 5.41) is 3.55. The van der Waals surface area contributed by atoms with Gasteiger partial charge in [0.2, 0.25) is 0 Å². The Bertz CT molecular complexity index is 538. The monoisotopic (exact) mass is 269 g/mol. The van der Waals surface area contributed by atoms with Crippen LogP contribution in [-0.2, 0) is 19.5 Å². The molecule has 1 aliphatic carbocycles. The molecule has 2 aromatic rings. The molecule has 0 bridgehead atoms. The van der Waals surface area contributed by atoms with Gasteiger partial charge in [-0.2, -0.15) is 0 Å². The van der Waals surface area contributed by atoms with Crippen LogP contribution in [0.2, 0.25) is 0 Å². The molecule has 106 valence electrons. The van der Waals surface area contributed by atoms with E-state index in [1.165, 1.54) is 24.0 Å². The Kier molecular flexibility index (Phi) is 4.16. The number of hydrogen-bond donors (Lipinski definition) is 1. The van der Waals surface area contributed by atoms with Gasteiger partial charge in [0, 0.05) is 37.9 Å². The van der Waals surface area contributed by atoms with Crippen LogP contribution in [0.25, 0.3) is 0 Å². The van der Waals surface area contributed by atoms with Crippen molar-refractivity contribution in [1.29, 1.82) is 0 Å². The van der Waals surface area contributed by atoms with Crippen molar-refractivity contribution < 1.29 is 0 Å². The van der Waals surface area contributed by atoms with Gasteiger partial charge in [-0.15, -0.1) is 0 Å². The molecule has 1 aliphatic rings. The first kappa shape index (κ1) is 13.4. The smallest absolute Gasteiger partial charge is 0.113 e. The van der Waals surface area contributed by atoms with Crippen LogP contribution < -0.4 is 5.32 Å². The van der Waals surface area contributed by atoms with E-state index in [-0.39, 0.29) is 0 Å². The maximum absolute atomic E-state index is 4.47. The first-order chi connectivity index (χ1) is 9.85. The molecule has 0 atom stereocenters. The van der Waals surface area contributed by atoms with Gasteiger partial charge < -0.3 is 9.88 Å². The number of aryl methyl sites for hydroxylation is 1. The number of benzene rings is 1. The van der Waals surface area contributed by atoms with Gasteiger partial charge in [-0.1, -0.05) is 31.2 Å². The van der Waals surface area contributed by atoms with Crippen molar-refractivity contribution in [2.75, 3.05) is 0 Å². The zero-order chi connectivity index (χ0) is 13.8. The molecule has 0 saturated heterocycles. The summed E-state index contributed by atoms with van der Waals surface area (Å²) in [6, 6.07) is 9.70. The van der Waals surface area contributed by atoms with Crippen LogP contribution in [0.4, 0.5) is 0 Å². The molecule has 0 radical (unpaired) electrons. The minimum Gasteiger partial charge on any atom is -0.335 e. The third-order valence-corrected chi connectivity index (χ3v) is 3.82. The van der Waals surface area contributed by atoms with E-state index in [2.05, 4.69) is 52.3 Å². The molecule has 0 amide bonds. The highest BCUT2D eigenvalue weighted by Gasteiger charge is 2.19. The minimum absolute atomic E-state index is 0.774. The molecule has 1 N–H and O–H groups in total. The molecule has 0 aliphatic heterocycles. The third kappa shape index (κ3) is 3.48. The zero-order valence-electron chi connectivity index (χ0n) is 12.2. The maximum atomic E-state index is 4.47. The number of imidazole rings is 1. The summed E-state index contributed by atoms with van der Waals surface area (Å²) < 4.78 is 2.25. The van der Waals surface area contributed by atoms with Gasteiger partial charge >= 0.3 is 0 Å².